The van der Waals surface area contributed by atoms with Crippen LogP contribution in [0.4, 0.5) is 0 Å². The average Bonchev–Trinajstić information content (AvgIpc) is 2.82. The minimum absolute atomic E-state index is 0. The molecule has 26 heteroatoms. The van der Waals surface area contributed by atoms with E-state index in [-0.39, 0.29) is 44.5 Å². The van der Waals surface area contributed by atoms with Crippen LogP contribution in [-0.2, 0) is 56.2 Å². The predicted molar refractivity (Wildman–Crippen MR) is 113 cm³/mol. The van der Waals surface area contributed by atoms with Crippen LogP contribution in [0.1, 0.15) is 0 Å². The van der Waals surface area contributed by atoms with E-state index >= 15 is 0 Å². The van der Waals surface area contributed by atoms with E-state index in [0.29, 0.717) is 11.3 Å². The molecule has 0 spiro atoms. The van der Waals surface area contributed by atoms with Crippen LogP contribution in [0.2, 0.25) is 0 Å². The fourth-order valence-electron chi connectivity index (χ4n) is 2.58. The molecule has 0 atom stereocenters. The van der Waals surface area contributed by atoms with E-state index < -0.39 is 43.0 Å². The van der Waals surface area contributed by atoms with Gasteiger partial charge in [0.1, 0.15) is 0 Å². The summed E-state index contributed by atoms with van der Waals surface area (Å²) in [6.07, 6.45) is 5.74. The largest absolute Gasteiger partial charge is 2.00 e. The molecular weight excluding hydrogens is 679 g/mol. The molecule has 23 nitrogen and oxygen atoms in total. The van der Waals surface area contributed by atoms with Crippen molar-refractivity contribution in [2.45, 2.75) is 0 Å². The molecule has 8 N–H and O–H groups in total. The zero-order chi connectivity index (χ0) is 29.6. The van der Waals surface area contributed by atoms with Gasteiger partial charge in [-0.05, 0) is 0 Å². The molecule has 0 saturated carbocycles. The first-order valence-electron chi connectivity index (χ1n) is 9.22. The topological polar surface area (TPSA) is 422 Å². The van der Waals surface area contributed by atoms with Gasteiger partial charge in [-0.3, -0.25) is 27.9 Å². The van der Waals surface area contributed by atoms with Gasteiger partial charge >= 0.3 is 28.4 Å². The molecule has 4 heterocycles. The quantitative estimate of drug-likeness (QED) is 0.121. The molecule has 4 aromatic rings. The van der Waals surface area contributed by atoms with Gasteiger partial charge < -0.3 is 16.4 Å². The van der Waals surface area contributed by atoms with Gasteiger partial charge in [0.25, 0.3) is 11.1 Å². The Hall–Kier alpha value is -3.30. The van der Waals surface area contributed by atoms with Gasteiger partial charge in [-0.15, -0.1) is 20.5 Å². The van der Waals surface area contributed by atoms with Crippen LogP contribution in [0.3, 0.4) is 0 Å². The van der Waals surface area contributed by atoms with E-state index in [2.05, 4.69) is 19.9 Å². The summed E-state index contributed by atoms with van der Waals surface area (Å²) in [6.45, 7) is 0. The van der Waals surface area contributed by atoms with E-state index in [1.165, 1.54) is 48.0 Å². The third-order valence-corrected chi connectivity index (χ3v) is 4.16. The van der Waals surface area contributed by atoms with E-state index in [1.807, 2.05) is 0 Å². The first-order chi connectivity index (χ1) is 17.3. The smallest absolute Gasteiger partial charge is 0.457 e. The molecule has 0 aliphatic heterocycles. The molecule has 0 unspecified atom stereocenters. The number of aryl methyl sites for hydroxylation is 2. The SMILES string of the molecule is Cn1c(=O)c2nccnc2n(C)c1=O.Cn1c(=O)c2nccnc2n(C)c1=O.O.[Cu+2].[O-][Cl+3]([O-])([O-])[O-].[O-][Cl+3]([O-])([O-])[O-].[OH3+].[OH3+]. The van der Waals surface area contributed by atoms with Crippen molar-refractivity contribution >= 4 is 22.3 Å². The Kier molecular flexibility index (Phi) is 19.9. The van der Waals surface area contributed by atoms with Crippen molar-refractivity contribution in [3.05, 3.63) is 66.5 Å². The molecule has 0 amide bonds. The van der Waals surface area contributed by atoms with Gasteiger partial charge in [0.2, 0.25) is 0 Å². The Morgan fingerprint density at radius 1 is 0.524 bits per heavy atom. The standard InChI is InChI=1S/2C8H8N4O2.2ClHO4.Cu.3H2O/c2*1-11-6-5(9-3-4-10-6)7(13)12(2)8(11)14;2*2-1(3,4)5;;;;/h2*3-4H,1-2H3;2*(H,2,3,4,5);;3*1H2/q;;;;+2;;;. The molecule has 4 rings (SSSR count). The van der Waals surface area contributed by atoms with Gasteiger partial charge in [0, 0.05) is 53.0 Å². The van der Waals surface area contributed by atoms with Crippen LogP contribution in [-0.4, -0.2) is 43.7 Å². The maximum absolute atomic E-state index is 11.5. The molecule has 0 aromatic carbocycles. The van der Waals surface area contributed by atoms with Crippen molar-refractivity contribution in [3.8, 4) is 0 Å². The Morgan fingerprint density at radius 2 is 0.738 bits per heavy atom. The second kappa shape index (κ2) is 18.3. The van der Waals surface area contributed by atoms with Gasteiger partial charge in [0.15, 0.2) is 22.3 Å². The Morgan fingerprint density at radius 3 is 0.976 bits per heavy atom. The molecule has 4 aromatic heterocycles. The van der Waals surface area contributed by atoms with Gasteiger partial charge in [-0.25, -0.2) is 66.8 Å². The number of aromatic nitrogens is 8. The Bertz CT molecular complexity index is 1530. The van der Waals surface area contributed by atoms with Gasteiger partial charge in [-0.2, -0.15) is 0 Å². The Labute approximate surface area is 246 Å². The first-order valence-corrected chi connectivity index (χ1v) is 11.7. The van der Waals surface area contributed by atoms with E-state index in [4.69, 9.17) is 37.3 Å². The Balaban J connectivity index is -0.000000245. The van der Waals surface area contributed by atoms with Crippen molar-refractivity contribution in [2.75, 3.05) is 0 Å². The number of halogens is 2. The van der Waals surface area contributed by atoms with Crippen LogP contribution >= 0.6 is 0 Å². The summed E-state index contributed by atoms with van der Waals surface area (Å²) in [7, 11) is -3.95. The molecule has 1 radical (unpaired) electrons. The van der Waals surface area contributed by atoms with Crippen LogP contribution in [0.25, 0.3) is 22.3 Å². The fourth-order valence-corrected chi connectivity index (χ4v) is 2.58. The summed E-state index contributed by atoms with van der Waals surface area (Å²) in [4.78, 5) is 61.7. The molecule has 42 heavy (non-hydrogen) atoms. The van der Waals surface area contributed by atoms with Crippen LogP contribution in [0, 0.1) is 20.5 Å². The normalized spacial score (nSPS) is 10.0. The van der Waals surface area contributed by atoms with Crippen molar-refractivity contribution in [1.82, 2.24) is 38.2 Å². The van der Waals surface area contributed by atoms with Gasteiger partial charge in [-0.1, -0.05) is 0 Å². The van der Waals surface area contributed by atoms with Crippen molar-refractivity contribution < 1.29 is 91.3 Å². The summed E-state index contributed by atoms with van der Waals surface area (Å²) >= 11 is 0. The number of fused-ring (bicyclic) bond motifs is 2. The summed E-state index contributed by atoms with van der Waals surface area (Å²) in [6, 6.07) is 0. The summed E-state index contributed by atoms with van der Waals surface area (Å²) in [5, 5.41) is 0. The van der Waals surface area contributed by atoms with Crippen LogP contribution in [0.15, 0.2) is 44.0 Å². The monoisotopic (exact) mass is 701 g/mol. The molecular formula is C16H24Cl2CuN8O15+2. The molecule has 0 fully saturated rings. The molecule has 0 aliphatic carbocycles. The first kappa shape index (κ1) is 45.7. The number of hydrogen-bond donors (Lipinski definition) is 0. The summed E-state index contributed by atoms with van der Waals surface area (Å²) in [5.74, 6) is 0. The molecule has 241 valence electrons. The zero-order valence-electron chi connectivity index (χ0n) is 21.5. The van der Waals surface area contributed by atoms with E-state index in [9.17, 15) is 19.2 Å². The van der Waals surface area contributed by atoms with Crippen molar-refractivity contribution in [2.24, 2.45) is 28.2 Å². The van der Waals surface area contributed by atoms with Crippen LogP contribution < -0.4 is 59.8 Å². The summed E-state index contributed by atoms with van der Waals surface area (Å²) < 4.78 is 72.6. The third kappa shape index (κ3) is 13.6. The molecule has 0 bridgehead atoms. The average molecular weight is 703 g/mol. The minimum Gasteiger partial charge on any atom is -0.457 e. The van der Waals surface area contributed by atoms with Crippen LogP contribution in [0.5, 0.6) is 0 Å². The van der Waals surface area contributed by atoms with E-state index in [0.717, 1.165) is 9.13 Å². The predicted octanol–water partition coefficient (Wildman–Crippen LogP) is -14.1. The number of nitrogens with zero attached hydrogens (tertiary/aromatic N) is 8. The summed E-state index contributed by atoms with van der Waals surface area (Å²) in [5.41, 5.74) is -0.617. The molecule has 0 saturated heterocycles. The van der Waals surface area contributed by atoms with Gasteiger partial charge in [0.05, 0.1) is 0 Å². The van der Waals surface area contributed by atoms with Crippen molar-refractivity contribution in [1.29, 1.82) is 0 Å². The molecule has 0 aliphatic rings. The maximum Gasteiger partial charge on any atom is 2.00 e. The van der Waals surface area contributed by atoms with E-state index in [1.54, 1.807) is 14.1 Å². The number of rotatable bonds is 0. The third-order valence-electron chi connectivity index (χ3n) is 4.16. The second-order valence-electron chi connectivity index (χ2n) is 6.62. The van der Waals surface area contributed by atoms with Crippen molar-refractivity contribution in [3.63, 3.8) is 0 Å². The fraction of sp³-hybridized carbons (Fsp3) is 0.250. The zero-order valence-corrected chi connectivity index (χ0v) is 24.0. The maximum atomic E-state index is 11.5. The number of hydrogen-bond acceptors (Lipinski definition) is 16. The second-order valence-corrected chi connectivity index (χ2v) is 8.14. The minimum atomic E-state index is -4.94.